The van der Waals surface area contributed by atoms with Crippen molar-refractivity contribution in [1.82, 2.24) is 9.62 Å². The molecule has 1 aromatic rings. The van der Waals surface area contributed by atoms with Gasteiger partial charge >= 0.3 is 0 Å². The SMILES string of the molecule is CC1NCCN(S(=O)(=O)c2cccs2)C1C. The molecule has 1 saturated heterocycles. The smallest absolute Gasteiger partial charge is 0.252 e. The van der Waals surface area contributed by atoms with E-state index >= 15 is 0 Å². The maximum atomic E-state index is 12.3. The third-order valence-corrected chi connectivity index (χ3v) is 6.39. The highest BCUT2D eigenvalue weighted by Gasteiger charge is 2.34. The second-order valence-electron chi connectivity index (χ2n) is 4.03. The molecule has 1 aromatic heterocycles. The number of nitrogens with zero attached hydrogens (tertiary/aromatic N) is 1. The minimum absolute atomic E-state index is 0.000787. The first-order valence-electron chi connectivity index (χ1n) is 5.32. The lowest BCUT2D eigenvalue weighted by molar-refractivity contribution is 0.233. The fourth-order valence-corrected chi connectivity index (χ4v) is 4.71. The van der Waals surface area contributed by atoms with E-state index in [9.17, 15) is 8.42 Å². The van der Waals surface area contributed by atoms with Gasteiger partial charge in [-0.25, -0.2) is 8.42 Å². The molecule has 0 saturated carbocycles. The molecule has 0 bridgehead atoms. The second-order valence-corrected chi connectivity index (χ2v) is 7.10. The standard InChI is InChI=1S/C10H16N2O2S2/c1-8-9(2)12(6-5-11-8)16(13,14)10-4-3-7-15-10/h3-4,7-9,11H,5-6H2,1-2H3. The maximum Gasteiger partial charge on any atom is 0.252 e. The van der Waals surface area contributed by atoms with Crippen LogP contribution in [0.15, 0.2) is 21.7 Å². The van der Waals surface area contributed by atoms with Crippen LogP contribution in [0, 0.1) is 0 Å². The van der Waals surface area contributed by atoms with Gasteiger partial charge in [-0.15, -0.1) is 11.3 Å². The molecule has 16 heavy (non-hydrogen) atoms. The number of hydrogen-bond donors (Lipinski definition) is 1. The van der Waals surface area contributed by atoms with Crippen LogP contribution in [0.4, 0.5) is 0 Å². The molecular formula is C10H16N2O2S2. The quantitative estimate of drug-likeness (QED) is 0.867. The van der Waals surface area contributed by atoms with E-state index in [0.717, 1.165) is 6.54 Å². The molecule has 0 amide bonds. The lowest BCUT2D eigenvalue weighted by Crippen LogP contribution is -2.56. The van der Waals surface area contributed by atoms with E-state index in [2.05, 4.69) is 5.32 Å². The normalized spacial score (nSPS) is 28.1. The first-order chi connectivity index (χ1) is 7.53. The molecule has 2 atom stereocenters. The van der Waals surface area contributed by atoms with E-state index in [0.29, 0.717) is 10.8 Å². The summed E-state index contributed by atoms with van der Waals surface area (Å²) >= 11 is 1.28. The summed E-state index contributed by atoms with van der Waals surface area (Å²) in [6.07, 6.45) is 0. The summed E-state index contributed by atoms with van der Waals surface area (Å²) in [5, 5.41) is 5.07. The van der Waals surface area contributed by atoms with Crippen LogP contribution in [0.1, 0.15) is 13.8 Å². The molecule has 2 unspecified atom stereocenters. The van der Waals surface area contributed by atoms with Gasteiger partial charge in [-0.1, -0.05) is 6.07 Å². The van der Waals surface area contributed by atoms with Crippen LogP contribution in [-0.2, 0) is 10.0 Å². The molecular weight excluding hydrogens is 244 g/mol. The molecule has 0 aromatic carbocycles. The van der Waals surface area contributed by atoms with Gasteiger partial charge in [0.05, 0.1) is 0 Å². The molecule has 2 heterocycles. The average Bonchev–Trinajstić information content (AvgIpc) is 2.75. The van der Waals surface area contributed by atoms with E-state index in [4.69, 9.17) is 0 Å². The predicted molar refractivity (Wildman–Crippen MR) is 65.1 cm³/mol. The summed E-state index contributed by atoms with van der Waals surface area (Å²) in [5.41, 5.74) is 0. The fourth-order valence-electron chi connectivity index (χ4n) is 1.89. The van der Waals surface area contributed by atoms with Crippen LogP contribution in [-0.4, -0.2) is 37.9 Å². The zero-order chi connectivity index (χ0) is 11.8. The van der Waals surface area contributed by atoms with Gasteiger partial charge < -0.3 is 5.32 Å². The van der Waals surface area contributed by atoms with Crippen molar-refractivity contribution in [2.75, 3.05) is 13.1 Å². The molecule has 6 heteroatoms. The van der Waals surface area contributed by atoms with Crippen LogP contribution in [0.25, 0.3) is 0 Å². The number of sulfonamides is 1. The van der Waals surface area contributed by atoms with E-state index in [-0.39, 0.29) is 12.1 Å². The zero-order valence-electron chi connectivity index (χ0n) is 9.38. The molecule has 4 nitrogen and oxygen atoms in total. The van der Waals surface area contributed by atoms with E-state index < -0.39 is 10.0 Å². The van der Waals surface area contributed by atoms with E-state index in [1.807, 2.05) is 13.8 Å². The molecule has 0 aliphatic carbocycles. The third kappa shape index (κ3) is 2.02. The lowest BCUT2D eigenvalue weighted by atomic mass is 10.1. The summed E-state index contributed by atoms with van der Waals surface area (Å²) < 4.78 is 26.7. The fraction of sp³-hybridized carbons (Fsp3) is 0.600. The molecule has 2 rings (SSSR count). The maximum absolute atomic E-state index is 12.3. The van der Waals surface area contributed by atoms with E-state index in [1.54, 1.807) is 21.8 Å². The zero-order valence-corrected chi connectivity index (χ0v) is 11.0. The van der Waals surface area contributed by atoms with Gasteiger partial charge in [-0.2, -0.15) is 4.31 Å². The second kappa shape index (κ2) is 4.44. The number of nitrogens with one attached hydrogen (secondary N) is 1. The van der Waals surface area contributed by atoms with Crippen molar-refractivity contribution in [2.45, 2.75) is 30.1 Å². The summed E-state index contributed by atoms with van der Waals surface area (Å²) in [5.74, 6) is 0. The average molecular weight is 260 g/mol. The minimum atomic E-state index is -3.29. The van der Waals surface area contributed by atoms with Crippen LogP contribution in [0.5, 0.6) is 0 Å². The molecule has 1 aliphatic rings. The Balaban J connectivity index is 2.30. The van der Waals surface area contributed by atoms with Gasteiger partial charge in [0, 0.05) is 25.2 Å². The number of piperazine rings is 1. The van der Waals surface area contributed by atoms with Crippen LogP contribution < -0.4 is 5.32 Å². The van der Waals surface area contributed by atoms with Crippen molar-refractivity contribution in [2.24, 2.45) is 0 Å². The molecule has 0 spiro atoms. The van der Waals surface area contributed by atoms with Crippen molar-refractivity contribution < 1.29 is 8.42 Å². The topological polar surface area (TPSA) is 49.4 Å². The van der Waals surface area contributed by atoms with Crippen LogP contribution in [0.2, 0.25) is 0 Å². The van der Waals surface area contributed by atoms with Gasteiger partial charge in [-0.3, -0.25) is 0 Å². The van der Waals surface area contributed by atoms with Crippen molar-refractivity contribution in [3.8, 4) is 0 Å². The largest absolute Gasteiger partial charge is 0.311 e. The van der Waals surface area contributed by atoms with Crippen molar-refractivity contribution in [1.29, 1.82) is 0 Å². The lowest BCUT2D eigenvalue weighted by Gasteiger charge is -2.37. The Labute approximate surface area is 100 Å². The summed E-state index contributed by atoms with van der Waals surface area (Å²) in [4.78, 5) is 0. The van der Waals surface area contributed by atoms with Crippen molar-refractivity contribution in [3.05, 3.63) is 17.5 Å². The highest BCUT2D eigenvalue weighted by Crippen LogP contribution is 2.24. The summed E-state index contributed by atoms with van der Waals surface area (Å²) in [6.45, 7) is 5.23. The van der Waals surface area contributed by atoms with Gasteiger partial charge in [-0.05, 0) is 25.3 Å². The van der Waals surface area contributed by atoms with Gasteiger partial charge in [0.25, 0.3) is 10.0 Å². The first kappa shape index (κ1) is 12.0. The van der Waals surface area contributed by atoms with Crippen LogP contribution in [0.3, 0.4) is 0 Å². The van der Waals surface area contributed by atoms with E-state index in [1.165, 1.54) is 11.3 Å². The number of hydrogen-bond acceptors (Lipinski definition) is 4. The van der Waals surface area contributed by atoms with Gasteiger partial charge in [0.1, 0.15) is 4.21 Å². The first-order valence-corrected chi connectivity index (χ1v) is 7.64. The van der Waals surface area contributed by atoms with Crippen molar-refractivity contribution in [3.63, 3.8) is 0 Å². The summed E-state index contributed by atoms with van der Waals surface area (Å²) in [7, 11) is -3.29. The highest BCUT2D eigenvalue weighted by molar-refractivity contribution is 7.91. The molecule has 1 aliphatic heterocycles. The number of thiophene rings is 1. The molecule has 0 radical (unpaired) electrons. The number of rotatable bonds is 2. The molecule has 1 N–H and O–H groups in total. The summed E-state index contributed by atoms with van der Waals surface area (Å²) in [6, 6.07) is 3.64. The minimum Gasteiger partial charge on any atom is -0.311 e. The van der Waals surface area contributed by atoms with Gasteiger partial charge in [0.2, 0.25) is 0 Å². The molecule has 90 valence electrons. The third-order valence-electron chi connectivity index (χ3n) is 3.03. The van der Waals surface area contributed by atoms with Gasteiger partial charge in [0.15, 0.2) is 0 Å². The molecule has 1 fully saturated rings. The Morgan fingerprint density at radius 2 is 2.25 bits per heavy atom. The Kier molecular flexibility index (Phi) is 3.34. The highest BCUT2D eigenvalue weighted by atomic mass is 32.2. The Hall–Kier alpha value is -0.430. The van der Waals surface area contributed by atoms with Crippen LogP contribution >= 0.6 is 11.3 Å². The monoisotopic (exact) mass is 260 g/mol. The predicted octanol–water partition coefficient (Wildman–Crippen LogP) is 1.12. The Bertz CT molecular complexity index is 441. The Morgan fingerprint density at radius 1 is 1.50 bits per heavy atom. The Morgan fingerprint density at radius 3 is 2.88 bits per heavy atom. The van der Waals surface area contributed by atoms with Crippen molar-refractivity contribution >= 4 is 21.4 Å².